The van der Waals surface area contributed by atoms with Gasteiger partial charge in [-0.25, -0.2) is 8.78 Å². The summed E-state index contributed by atoms with van der Waals surface area (Å²) in [7, 11) is 0. The maximum absolute atomic E-state index is 13.0. The van der Waals surface area contributed by atoms with Gasteiger partial charge < -0.3 is 10.4 Å². The van der Waals surface area contributed by atoms with Gasteiger partial charge in [-0.05, 0) is 17.7 Å². The fourth-order valence-corrected chi connectivity index (χ4v) is 1.40. The molecule has 4 nitrogen and oxygen atoms in total. The quantitative estimate of drug-likeness (QED) is 0.844. The van der Waals surface area contributed by atoms with Crippen molar-refractivity contribution in [1.29, 1.82) is 0 Å². The van der Waals surface area contributed by atoms with Gasteiger partial charge in [0.2, 0.25) is 5.91 Å². The summed E-state index contributed by atoms with van der Waals surface area (Å²) in [5, 5.41) is 11.0. The van der Waals surface area contributed by atoms with E-state index < -0.39 is 36.0 Å². The van der Waals surface area contributed by atoms with Gasteiger partial charge in [0.25, 0.3) is 0 Å². The molecular formula is C11H11F2NO3. The first-order chi connectivity index (χ1) is 7.90. The summed E-state index contributed by atoms with van der Waals surface area (Å²) in [5.41, 5.74) is 0.210. The zero-order valence-electron chi connectivity index (χ0n) is 9.04. The van der Waals surface area contributed by atoms with Crippen molar-refractivity contribution < 1.29 is 23.5 Å². The number of carboxylic acid groups (broad SMARTS) is 1. The second kappa shape index (κ2) is 5.38. The molecule has 1 aromatic carbocycles. The van der Waals surface area contributed by atoms with E-state index in [2.05, 4.69) is 5.32 Å². The largest absolute Gasteiger partial charge is 0.481 e. The van der Waals surface area contributed by atoms with Crippen molar-refractivity contribution in [2.45, 2.75) is 19.4 Å². The number of carboxylic acids is 1. The fourth-order valence-electron chi connectivity index (χ4n) is 1.40. The van der Waals surface area contributed by atoms with Crippen molar-refractivity contribution in [2.24, 2.45) is 0 Å². The van der Waals surface area contributed by atoms with Gasteiger partial charge in [0, 0.05) is 6.92 Å². The molecule has 1 rings (SSSR count). The molecule has 1 aromatic rings. The first-order valence-electron chi connectivity index (χ1n) is 4.84. The van der Waals surface area contributed by atoms with Crippen molar-refractivity contribution in [1.82, 2.24) is 5.32 Å². The Morgan fingerprint density at radius 2 is 2.00 bits per heavy atom. The van der Waals surface area contributed by atoms with Crippen molar-refractivity contribution in [2.75, 3.05) is 0 Å². The molecule has 1 amide bonds. The Hall–Kier alpha value is -1.98. The van der Waals surface area contributed by atoms with E-state index in [4.69, 9.17) is 5.11 Å². The Labute approximate surface area is 96.3 Å². The van der Waals surface area contributed by atoms with Crippen LogP contribution in [0.4, 0.5) is 8.78 Å². The Bertz CT molecular complexity index is 432. The van der Waals surface area contributed by atoms with Crippen LogP contribution in [0.3, 0.4) is 0 Å². The van der Waals surface area contributed by atoms with Gasteiger partial charge in [0.15, 0.2) is 11.6 Å². The Morgan fingerprint density at radius 3 is 2.47 bits per heavy atom. The standard InChI is InChI=1S/C11H11F2NO3/c1-6(15)14-10(5-11(16)17)7-2-3-8(12)9(13)4-7/h2-4,10H,5H2,1H3,(H,14,15)(H,16,17)/t10-/m1/s1. The van der Waals surface area contributed by atoms with Crippen molar-refractivity contribution >= 4 is 11.9 Å². The predicted octanol–water partition coefficient (Wildman–Crippen LogP) is 1.62. The molecule has 0 aromatic heterocycles. The van der Waals surface area contributed by atoms with Crippen LogP contribution in [0.1, 0.15) is 24.9 Å². The second-order valence-electron chi connectivity index (χ2n) is 3.52. The molecule has 0 saturated heterocycles. The molecule has 0 heterocycles. The average molecular weight is 243 g/mol. The summed E-state index contributed by atoms with van der Waals surface area (Å²) < 4.78 is 25.7. The van der Waals surface area contributed by atoms with Crippen LogP contribution in [0.2, 0.25) is 0 Å². The van der Waals surface area contributed by atoms with E-state index in [1.165, 1.54) is 13.0 Å². The zero-order valence-corrected chi connectivity index (χ0v) is 9.04. The van der Waals surface area contributed by atoms with E-state index in [-0.39, 0.29) is 5.56 Å². The van der Waals surface area contributed by atoms with Crippen molar-refractivity contribution in [3.63, 3.8) is 0 Å². The third kappa shape index (κ3) is 3.82. The number of aliphatic carboxylic acids is 1. The van der Waals surface area contributed by atoms with Crippen LogP contribution in [0.25, 0.3) is 0 Å². The summed E-state index contributed by atoms with van der Waals surface area (Å²) in [6.45, 7) is 1.22. The van der Waals surface area contributed by atoms with Crippen LogP contribution in [0.15, 0.2) is 18.2 Å². The van der Waals surface area contributed by atoms with Crippen LogP contribution < -0.4 is 5.32 Å². The highest BCUT2D eigenvalue weighted by Crippen LogP contribution is 2.19. The second-order valence-corrected chi connectivity index (χ2v) is 3.52. The number of halogens is 2. The van der Waals surface area contributed by atoms with E-state index in [1.807, 2.05) is 0 Å². The Morgan fingerprint density at radius 1 is 1.35 bits per heavy atom. The van der Waals surface area contributed by atoms with Crippen LogP contribution >= 0.6 is 0 Å². The van der Waals surface area contributed by atoms with Crippen LogP contribution in [0, 0.1) is 11.6 Å². The Kier molecular flexibility index (Phi) is 4.14. The summed E-state index contributed by atoms with van der Waals surface area (Å²) >= 11 is 0. The predicted molar refractivity (Wildman–Crippen MR) is 55.2 cm³/mol. The summed E-state index contributed by atoms with van der Waals surface area (Å²) in [4.78, 5) is 21.5. The minimum Gasteiger partial charge on any atom is -0.481 e. The van der Waals surface area contributed by atoms with Gasteiger partial charge >= 0.3 is 5.97 Å². The van der Waals surface area contributed by atoms with Gasteiger partial charge in [-0.1, -0.05) is 6.07 Å². The van der Waals surface area contributed by atoms with Crippen LogP contribution in [-0.4, -0.2) is 17.0 Å². The summed E-state index contributed by atoms with van der Waals surface area (Å²) in [5.74, 6) is -3.69. The highest BCUT2D eigenvalue weighted by molar-refractivity contribution is 5.75. The maximum Gasteiger partial charge on any atom is 0.305 e. The van der Waals surface area contributed by atoms with E-state index in [9.17, 15) is 18.4 Å². The number of hydrogen-bond donors (Lipinski definition) is 2. The zero-order chi connectivity index (χ0) is 13.0. The van der Waals surface area contributed by atoms with E-state index in [1.54, 1.807) is 0 Å². The lowest BCUT2D eigenvalue weighted by molar-refractivity contribution is -0.137. The lowest BCUT2D eigenvalue weighted by Gasteiger charge is -2.16. The molecule has 2 N–H and O–H groups in total. The fraction of sp³-hybridized carbons (Fsp3) is 0.273. The molecule has 0 bridgehead atoms. The first-order valence-corrected chi connectivity index (χ1v) is 4.84. The molecule has 0 radical (unpaired) electrons. The molecule has 1 atom stereocenters. The number of hydrogen-bond acceptors (Lipinski definition) is 2. The molecule has 0 spiro atoms. The number of amides is 1. The molecule has 92 valence electrons. The van der Waals surface area contributed by atoms with Gasteiger partial charge in [0.05, 0.1) is 12.5 Å². The van der Waals surface area contributed by atoms with Gasteiger partial charge in [-0.3, -0.25) is 9.59 Å². The lowest BCUT2D eigenvalue weighted by atomic mass is 10.0. The number of rotatable bonds is 4. The van der Waals surface area contributed by atoms with E-state index >= 15 is 0 Å². The van der Waals surface area contributed by atoms with E-state index in [0.29, 0.717) is 0 Å². The maximum atomic E-state index is 13.0. The highest BCUT2D eigenvalue weighted by atomic mass is 19.2. The molecule has 17 heavy (non-hydrogen) atoms. The minimum atomic E-state index is -1.14. The SMILES string of the molecule is CC(=O)N[C@H](CC(=O)O)c1ccc(F)c(F)c1. The molecule has 0 aliphatic heterocycles. The summed E-state index contributed by atoms with van der Waals surface area (Å²) in [6.07, 6.45) is -0.398. The minimum absolute atomic E-state index is 0.210. The molecular weight excluding hydrogens is 232 g/mol. The topological polar surface area (TPSA) is 66.4 Å². The average Bonchev–Trinajstić information content (AvgIpc) is 2.19. The molecule has 6 heteroatoms. The molecule has 0 aliphatic carbocycles. The summed E-state index contributed by atoms with van der Waals surface area (Å²) in [6, 6.07) is 2.13. The lowest BCUT2D eigenvalue weighted by Crippen LogP contribution is -2.28. The van der Waals surface area contributed by atoms with E-state index in [0.717, 1.165) is 12.1 Å². The normalized spacial score (nSPS) is 11.9. The third-order valence-electron chi connectivity index (χ3n) is 2.10. The number of nitrogens with one attached hydrogen (secondary N) is 1. The molecule has 0 unspecified atom stereocenters. The van der Waals surface area contributed by atoms with Crippen molar-refractivity contribution in [3.8, 4) is 0 Å². The van der Waals surface area contributed by atoms with Crippen LogP contribution in [0.5, 0.6) is 0 Å². The molecule has 0 fully saturated rings. The number of benzene rings is 1. The number of carbonyl (C=O) groups excluding carboxylic acids is 1. The van der Waals surface area contributed by atoms with Gasteiger partial charge in [-0.2, -0.15) is 0 Å². The van der Waals surface area contributed by atoms with Gasteiger partial charge in [0.1, 0.15) is 0 Å². The van der Waals surface area contributed by atoms with Crippen LogP contribution in [-0.2, 0) is 9.59 Å². The first kappa shape index (κ1) is 13.1. The molecule has 0 aliphatic rings. The smallest absolute Gasteiger partial charge is 0.305 e. The highest BCUT2D eigenvalue weighted by Gasteiger charge is 2.18. The van der Waals surface area contributed by atoms with Gasteiger partial charge in [-0.15, -0.1) is 0 Å². The molecule has 0 saturated carbocycles. The monoisotopic (exact) mass is 243 g/mol. The Balaban J connectivity index is 2.98. The van der Waals surface area contributed by atoms with Crippen molar-refractivity contribution in [3.05, 3.63) is 35.4 Å². The third-order valence-corrected chi connectivity index (χ3v) is 2.10. The number of carbonyl (C=O) groups is 2.